The normalized spacial score (nSPS) is 10.1. The van der Waals surface area contributed by atoms with Crippen LogP contribution in [-0.2, 0) is 16.1 Å². The van der Waals surface area contributed by atoms with Gasteiger partial charge in [-0.05, 0) is 23.8 Å². The lowest BCUT2D eigenvalue weighted by molar-refractivity contribution is -0.136. The molecule has 0 fully saturated rings. The monoisotopic (exact) mass is 333 g/mol. The molecule has 124 valence electrons. The third kappa shape index (κ3) is 4.44. The molecule has 0 bridgehead atoms. The van der Waals surface area contributed by atoms with Crippen molar-refractivity contribution >= 4 is 17.5 Å². The van der Waals surface area contributed by atoms with Crippen LogP contribution >= 0.6 is 0 Å². The van der Waals surface area contributed by atoms with E-state index in [1.165, 1.54) is 18.7 Å². The predicted molar refractivity (Wildman–Crippen MR) is 92.2 cm³/mol. The second kappa shape index (κ2) is 7.78. The van der Waals surface area contributed by atoms with Gasteiger partial charge in [-0.15, -0.1) is 0 Å². The van der Waals surface area contributed by atoms with Gasteiger partial charge in [0.2, 0.25) is 0 Å². The molecule has 0 unspecified atom stereocenters. The lowest BCUT2D eigenvalue weighted by atomic mass is 10.1. The topological polar surface area (TPSA) is 96.9 Å². The van der Waals surface area contributed by atoms with Gasteiger partial charge in [0.1, 0.15) is 6.33 Å². The van der Waals surface area contributed by atoms with Crippen LogP contribution in [0.1, 0.15) is 5.56 Å². The van der Waals surface area contributed by atoms with Crippen LogP contribution in [0.15, 0.2) is 67.4 Å². The number of benzene rings is 1. The Balaban J connectivity index is 1.60. The highest BCUT2D eigenvalue weighted by Crippen LogP contribution is 2.17. The van der Waals surface area contributed by atoms with Gasteiger partial charge in [0, 0.05) is 18.3 Å². The van der Waals surface area contributed by atoms with Gasteiger partial charge in [0.05, 0.1) is 23.8 Å². The first kappa shape index (κ1) is 16.3. The molecule has 0 aliphatic carbocycles. The smallest absolute Gasteiger partial charge is 0.313 e. The highest BCUT2D eigenvalue weighted by atomic mass is 16.2. The Morgan fingerprint density at radius 1 is 0.960 bits per heavy atom. The van der Waals surface area contributed by atoms with Crippen molar-refractivity contribution in [2.45, 2.75) is 6.54 Å². The number of hydrogen-bond donors (Lipinski definition) is 2. The molecule has 7 heteroatoms. The molecule has 7 nitrogen and oxygen atoms in total. The van der Waals surface area contributed by atoms with Crippen molar-refractivity contribution in [2.24, 2.45) is 0 Å². The largest absolute Gasteiger partial charge is 0.344 e. The minimum atomic E-state index is -0.768. The van der Waals surface area contributed by atoms with Crippen LogP contribution in [0.4, 0.5) is 5.69 Å². The van der Waals surface area contributed by atoms with Gasteiger partial charge in [-0.2, -0.15) is 0 Å². The number of anilines is 1. The Morgan fingerprint density at radius 3 is 2.56 bits per heavy atom. The molecular weight excluding hydrogens is 318 g/mol. The molecule has 2 heterocycles. The molecule has 0 radical (unpaired) electrons. The number of amides is 2. The van der Waals surface area contributed by atoms with Crippen molar-refractivity contribution in [3.8, 4) is 11.3 Å². The predicted octanol–water partition coefficient (Wildman–Crippen LogP) is 1.79. The van der Waals surface area contributed by atoms with Gasteiger partial charge in [0.15, 0.2) is 0 Å². The first-order chi connectivity index (χ1) is 12.2. The first-order valence-electron chi connectivity index (χ1n) is 7.57. The average molecular weight is 333 g/mol. The molecule has 3 aromatic rings. The van der Waals surface area contributed by atoms with Gasteiger partial charge in [-0.3, -0.25) is 14.6 Å². The van der Waals surface area contributed by atoms with E-state index in [0.717, 1.165) is 16.8 Å². The Morgan fingerprint density at radius 2 is 1.80 bits per heavy atom. The maximum atomic E-state index is 11.9. The maximum Gasteiger partial charge on any atom is 0.313 e. The summed E-state index contributed by atoms with van der Waals surface area (Å²) in [5.74, 6) is -1.50. The first-order valence-corrected chi connectivity index (χ1v) is 7.57. The van der Waals surface area contributed by atoms with Crippen molar-refractivity contribution in [2.75, 3.05) is 5.32 Å². The van der Waals surface area contributed by atoms with Crippen molar-refractivity contribution in [1.29, 1.82) is 0 Å². The number of carbonyl (C=O) groups excluding carboxylic acids is 2. The number of rotatable bonds is 4. The standard InChI is InChI=1S/C18H15N5O2/c24-17(18(25)23-15-10-19-12-20-11-15)22-9-13-4-3-5-14(8-13)16-6-1-2-7-21-16/h1-8,10-12H,9H2,(H,22,24)(H,23,25). The zero-order valence-electron chi connectivity index (χ0n) is 13.2. The molecule has 0 aliphatic heterocycles. The molecule has 3 rings (SSSR count). The molecule has 0 saturated heterocycles. The zero-order chi connectivity index (χ0) is 17.5. The summed E-state index contributed by atoms with van der Waals surface area (Å²) in [4.78, 5) is 35.6. The third-order valence-electron chi connectivity index (χ3n) is 3.37. The fourth-order valence-electron chi connectivity index (χ4n) is 2.19. The van der Waals surface area contributed by atoms with Crippen LogP contribution in [-0.4, -0.2) is 26.8 Å². The summed E-state index contributed by atoms with van der Waals surface area (Å²) < 4.78 is 0. The molecule has 2 aromatic heterocycles. The van der Waals surface area contributed by atoms with Crippen molar-refractivity contribution in [3.63, 3.8) is 0 Å². The maximum absolute atomic E-state index is 11.9. The third-order valence-corrected chi connectivity index (χ3v) is 3.37. The molecule has 1 aromatic carbocycles. The van der Waals surface area contributed by atoms with Crippen molar-refractivity contribution in [1.82, 2.24) is 20.3 Å². The van der Waals surface area contributed by atoms with Crippen molar-refractivity contribution in [3.05, 3.63) is 72.9 Å². The summed E-state index contributed by atoms with van der Waals surface area (Å²) in [5.41, 5.74) is 3.02. The summed E-state index contributed by atoms with van der Waals surface area (Å²) in [6.07, 6.45) is 5.88. The Kier molecular flexibility index (Phi) is 5.06. The fourth-order valence-corrected chi connectivity index (χ4v) is 2.19. The Labute approximate surface area is 144 Å². The molecule has 0 saturated carbocycles. The molecule has 0 spiro atoms. The van der Waals surface area contributed by atoms with E-state index >= 15 is 0 Å². The number of nitrogens with zero attached hydrogens (tertiary/aromatic N) is 3. The number of carbonyl (C=O) groups is 2. The second-order valence-electron chi connectivity index (χ2n) is 5.18. The average Bonchev–Trinajstić information content (AvgIpc) is 2.68. The summed E-state index contributed by atoms with van der Waals surface area (Å²) in [6.45, 7) is 0.234. The van der Waals surface area contributed by atoms with Gasteiger partial charge in [-0.25, -0.2) is 9.97 Å². The minimum absolute atomic E-state index is 0.234. The molecule has 25 heavy (non-hydrogen) atoms. The second-order valence-corrected chi connectivity index (χ2v) is 5.18. The SMILES string of the molecule is O=C(NCc1cccc(-c2ccccn2)c1)C(=O)Nc1cncnc1. The molecule has 0 atom stereocenters. The molecule has 2 amide bonds. The van der Waals surface area contributed by atoms with Crippen LogP contribution < -0.4 is 10.6 Å². The van der Waals surface area contributed by atoms with E-state index < -0.39 is 11.8 Å². The fraction of sp³-hybridized carbons (Fsp3) is 0.0556. The van der Waals surface area contributed by atoms with Gasteiger partial charge in [-0.1, -0.05) is 24.3 Å². The van der Waals surface area contributed by atoms with Crippen LogP contribution in [0.3, 0.4) is 0 Å². The lowest BCUT2D eigenvalue weighted by Gasteiger charge is -2.07. The van der Waals surface area contributed by atoms with E-state index in [1.54, 1.807) is 6.20 Å². The van der Waals surface area contributed by atoms with E-state index in [2.05, 4.69) is 25.6 Å². The summed E-state index contributed by atoms with van der Waals surface area (Å²) >= 11 is 0. The van der Waals surface area contributed by atoms with Gasteiger partial charge < -0.3 is 10.6 Å². The van der Waals surface area contributed by atoms with Gasteiger partial charge in [0.25, 0.3) is 0 Å². The molecule has 0 aliphatic rings. The van der Waals surface area contributed by atoms with E-state index in [1.807, 2.05) is 42.5 Å². The number of nitrogens with one attached hydrogen (secondary N) is 2. The quantitative estimate of drug-likeness (QED) is 0.710. The van der Waals surface area contributed by atoms with Gasteiger partial charge >= 0.3 is 11.8 Å². The summed E-state index contributed by atoms with van der Waals surface area (Å²) in [6, 6.07) is 13.3. The van der Waals surface area contributed by atoms with Crippen LogP contribution in [0.2, 0.25) is 0 Å². The summed E-state index contributed by atoms with van der Waals surface area (Å²) in [7, 11) is 0. The Hall–Kier alpha value is -3.61. The molecule has 2 N–H and O–H groups in total. The van der Waals surface area contributed by atoms with Crippen molar-refractivity contribution < 1.29 is 9.59 Å². The lowest BCUT2D eigenvalue weighted by Crippen LogP contribution is -2.35. The van der Waals surface area contributed by atoms with E-state index in [9.17, 15) is 9.59 Å². The number of aromatic nitrogens is 3. The van der Waals surface area contributed by atoms with Crippen LogP contribution in [0.25, 0.3) is 11.3 Å². The van der Waals surface area contributed by atoms with E-state index in [0.29, 0.717) is 5.69 Å². The van der Waals surface area contributed by atoms with E-state index in [4.69, 9.17) is 0 Å². The zero-order valence-corrected chi connectivity index (χ0v) is 13.2. The van der Waals surface area contributed by atoms with Crippen LogP contribution in [0, 0.1) is 0 Å². The Bertz CT molecular complexity index is 869. The number of pyridine rings is 1. The minimum Gasteiger partial charge on any atom is -0.344 e. The highest BCUT2D eigenvalue weighted by Gasteiger charge is 2.13. The van der Waals surface area contributed by atoms with Crippen LogP contribution in [0.5, 0.6) is 0 Å². The highest BCUT2D eigenvalue weighted by molar-refractivity contribution is 6.39. The number of hydrogen-bond acceptors (Lipinski definition) is 5. The summed E-state index contributed by atoms with van der Waals surface area (Å²) in [5, 5.41) is 5.01. The molecular formula is C18H15N5O2. The van der Waals surface area contributed by atoms with E-state index in [-0.39, 0.29) is 6.54 Å².